The number of halogens is 1. The molecule has 7 heteroatoms. The normalized spacial score (nSPS) is 32.6. The van der Waals surface area contributed by atoms with Crippen molar-refractivity contribution in [3.05, 3.63) is 95.1 Å². The van der Waals surface area contributed by atoms with Crippen molar-refractivity contribution in [2.24, 2.45) is 11.8 Å². The van der Waals surface area contributed by atoms with Gasteiger partial charge >= 0.3 is 5.97 Å². The van der Waals surface area contributed by atoms with E-state index in [9.17, 15) is 9.90 Å². The molecule has 6 nitrogen and oxygen atoms in total. The molecule has 2 N–H and O–H groups in total. The van der Waals surface area contributed by atoms with Crippen LogP contribution in [0.4, 0.5) is 4.39 Å². The van der Waals surface area contributed by atoms with Gasteiger partial charge in [0.2, 0.25) is 0 Å². The first kappa shape index (κ1) is 26.2. The Morgan fingerprint density at radius 3 is 2.45 bits per heavy atom. The topological polar surface area (TPSA) is 71.0 Å². The molecule has 0 aromatic heterocycles. The lowest BCUT2D eigenvalue weighted by Crippen LogP contribution is -2.79. The van der Waals surface area contributed by atoms with Crippen molar-refractivity contribution >= 4 is 5.97 Å². The zero-order chi connectivity index (χ0) is 28.5. The van der Waals surface area contributed by atoms with E-state index in [0.29, 0.717) is 50.0 Å². The Morgan fingerprint density at radius 2 is 1.74 bits per heavy atom. The SMILES string of the molecule is O=C(O)[C@]12Cc3ccc(OCc4ccccc4)c4c3[C@@]3([C@H](F)CN1CC1CC1)[C@@H](O4)[C@H](NCc1ccccc1)CC[C@@H]32. The third-order valence-electron chi connectivity index (χ3n) is 10.8. The van der Waals surface area contributed by atoms with E-state index >= 15 is 4.39 Å². The van der Waals surface area contributed by atoms with Crippen LogP contribution in [0, 0.1) is 11.8 Å². The van der Waals surface area contributed by atoms with E-state index in [1.807, 2.05) is 65.6 Å². The smallest absolute Gasteiger partial charge is 0.324 e. The summed E-state index contributed by atoms with van der Waals surface area (Å²) in [5.74, 6) is 0.481. The van der Waals surface area contributed by atoms with Gasteiger partial charge in [-0.15, -0.1) is 0 Å². The molecule has 3 fully saturated rings. The van der Waals surface area contributed by atoms with Crippen LogP contribution in [0.5, 0.6) is 11.5 Å². The monoisotopic (exact) mass is 568 g/mol. The highest BCUT2D eigenvalue weighted by Crippen LogP contribution is 2.67. The molecule has 1 spiro atoms. The summed E-state index contributed by atoms with van der Waals surface area (Å²) in [5, 5.41) is 14.7. The van der Waals surface area contributed by atoms with E-state index in [2.05, 4.69) is 17.4 Å². The summed E-state index contributed by atoms with van der Waals surface area (Å²) in [6, 6.07) is 23.9. The van der Waals surface area contributed by atoms with Crippen molar-refractivity contribution in [1.29, 1.82) is 0 Å². The molecule has 0 amide bonds. The van der Waals surface area contributed by atoms with E-state index in [1.54, 1.807) is 0 Å². The summed E-state index contributed by atoms with van der Waals surface area (Å²) in [6.45, 7) is 1.79. The van der Waals surface area contributed by atoms with E-state index in [4.69, 9.17) is 9.47 Å². The van der Waals surface area contributed by atoms with Gasteiger partial charge in [0.25, 0.3) is 0 Å². The molecule has 218 valence electrons. The molecule has 1 saturated heterocycles. The standard InChI is InChI=1S/C35H37FN2O4/c36-29-20-38(19-23-11-12-23)34(33(39)40)17-25-13-15-27(41-21-24-9-5-2-6-10-24)31-30(25)35(29)28(34)16-14-26(32(35)42-31)37-18-22-7-3-1-4-8-22/h1-10,13,15,23,26,28-29,32,37H,11-12,14,16-21H2,(H,39,40)/t26-,28-,29-,32+,34-,35-/m1/s1. The number of likely N-dealkylation sites (tertiary alicyclic amines) is 1. The quantitative estimate of drug-likeness (QED) is 0.366. The summed E-state index contributed by atoms with van der Waals surface area (Å²) < 4.78 is 30.5. The first-order chi connectivity index (χ1) is 20.5. The third kappa shape index (κ3) is 3.79. The lowest BCUT2D eigenvalue weighted by atomic mass is 9.46. The van der Waals surface area contributed by atoms with E-state index in [-0.39, 0.29) is 18.5 Å². The molecule has 0 radical (unpaired) electrons. The number of nitrogens with zero attached hydrogens (tertiary/aromatic N) is 1. The van der Waals surface area contributed by atoms with E-state index < -0.39 is 29.2 Å². The van der Waals surface area contributed by atoms with Crippen LogP contribution >= 0.6 is 0 Å². The van der Waals surface area contributed by atoms with Gasteiger partial charge in [-0.2, -0.15) is 0 Å². The average Bonchev–Trinajstić information content (AvgIpc) is 3.75. The molecule has 8 rings (SSSR count). The van der Waals surface area contributed by atoms with Crippen LogP contribution in [0.2, 0.25) is 0 Å². The predicted octanol–water partition coefficient (Wildman–Crippen LogP) is 5.28. The van der Waals surface area contributed by atoms with Crippen LogP contribution < -0.4 is 14.8 Å². The largest absolute Gasteiger partial charge is 0.485 e. The fourth-order valence-electron chi connectivity index (χ4n) is 8.79. The highest BCUT2D eigenvalue weighted by Gasteiger charge is 2.76. The molecular formula is C35H37FN2O4. The molecule has 2 heterocycles. The molecule has 3 aliphatic carbocycles. The number of benzene rings is 3. The Balaban J connectivity index is 1.23. The van der Waals surface area contributed by atoms with Crippen LogP contribution in [-0.4, -0.2) is 52.9 Å². The van der Waals surface area contributed by atoms with Crippen LogP contribution in [0.15, 0.2) is 72.8 Å². The number of ether oxygens (including phenoxy) is 2. The molecular weight excluding hydrogens is 531 g/mol. The highest BCUT2D eigenvalue weighted by atomic mass is 19.1. The second kappa shape index (κ2) is 9.81. The number of nitrogens with one attached hydrogen (secondary N) is 1. The third-order valence-corrected chi connectivity index (χ3v) is 10.8. The molecule has 2 bridgehead atoms. The number of carboxylic acid groups (broad SMARTS) is 1. The average molecular weight is 569 g/mol. The summed E-state index contributed by atoms with van der Waals surface area (Å²) in [4.78, 5) is 15.5. The van der Waals surface area contributed by atoms with E-state index in [1.165, 1.54) is 0 Å². The minimum Gasteiger partial charge on any atom is -0.485 e. The first-order valence-corrected chi connectivity index (χ1v) is 15.4. The number of carbonyl (C=O) groups is 1. The Labute approximate surface area is 245 Å². The Kier molecular flexibility index (Phi) is 6.13. The number of piperidine rings is 1. The summed E-state index contributed by atoms with van der Waals surface area (Å²) >= 11 is 0. The van der Waals surface area contributed by atoms with Gasteiger partial charge < -0.3 is 19.9 Å². The number of aliphatic carboxylic acids is 1. The zero-order valence-corrected chi connectivity index (χ0v) is 23.7. The number of hydrogen-bond acceptors (Lipinski definition) is 5. The van der Waals surface area contributed by atoms with Crippen LogP contribution in [0.1, 0.15) is 47.9 Å². The molecule has 3 aromatic rings. The van der Waals surface area contributed by atoms with Crippen LogP contribution in [0.3, 0.4) is 0 Å². The second-order valence-corrected chi connectivity index (χ2v) is 13.0. The molecule has 2 saturated carbocycles. The number of rotatable bonds is 9. The highest BCUT2D eigenvalue weighted by molar-refractivity contribution is 5.83. The van der Waals surface area contributed by atoms with Crippen molar-refractivity contribution in [2.45, 2.75) is 74.5 Å². The molecule has 5 aliphatic rings. The Bertz CT molecular complexity index is 1500. The van der Waals surface area contributed by atoms with Gasteiger partial charge in [0, 0.05) is 43.6 Å². The minimum absolute atomic E-state index is 0.124. The second-order valence-electron chi connectivity index (χ2n) is 13.0. The maximum absolute atomic E-state index is 17.2. The first-order valence-electron chi connectivity index (χ1n) is 15.4. The zero-order valence-electron chi connectivity index (χ0n) is 23.7. The van der Waals surface area contributed by atoms with Crippen molar-refractivity contribution < 1.29 is 23.8 Å². The van der Waals surface area contributed by atoms with Crippen LogP contribution in [-0.2, 0) is 29.8 Å². The van der Waals surface area contributed by atoms with Gasteiger partial charge in [0.15, 0.2) is 11.5 Å². The maximum Gasteiger partial charge on any atom is 0.324 e. The van der Waals surface area contributed by atoms with Crippen LogP contribution in [0.25, 0.3) is 0 Å². The lowest BCUT2D eigenvalue weighted by molar-refractivity contribution is -0.187. The van der Waals surface area contributed by atoms with Gasteiger partial charge in [-0.25, -0.2) is 4.39 Å². The predicted molar refractivity (Wildman–Crippen MR) is 156 cm³/mol. The molecule has 3 aromatic carbocycles. The molecule has 0 unspecified atom stereocenters. The Morgan fingerprint density at radius 1 is 1.00 bits per heavy atom. The summed E-state index contributed by atoms with van der Waals surface area (Å²) in [6.07, 6.45) is 2.16. The number of carboxylic acids is 1. The van der Waals surface area contributed by atoms with Crippen molar-refractivity contribution in [3.63, 3.8) is 0 Å². The van der Waals surface area contributed by atoms with E-state index in [0.717, 1.165) is 41.5 Å². The molecule has 6 atom stereocenters. The molecule has 2 aliphatic heterocycles. The summed E-state index contributed by atoms with van der Waals surface area (Å²) in [5.41, 5.74) is 1.77. The maximum atomic E-state index is 17.2. The van der Waals surface area contributed by atoms with Gasteiger partial charge in [-0.3, -0.25) is 9.69 Å². The fraction of sp³-hybridized carbons (Fsp3) is 0.457. The van der Waals surface area contributed by atoms with Crippen molar-refractivity contribution in [1.82, 2.24) is 10.2 Å². The lowest BCUT2D eigenvalue weighted by Gasteiger charge is -2.64. The minimum atomic E-state index is -1.25. The van der Waals surface area contributed by atoms with Gasteiger partial charge in [0.05, 0.1) is 5.41 Å². The number of alkyl halides is 1. The number of hydrogen-bond donors (Lipinski definition) is 2. The van der Waals surface area contributed by atoms with Crippen molar-refractivity contribution in [3.8, 4) is 11.5 Å². The van der Waals surface area contributed by atoms with Crippen molar-refractivity contribution in [2.75, 3.05) is 13.1 Å². The van der Waals surface area contributed by atoms with Gasteiger partial charge in [-0.05, 0) is 54.4 Å². The fourth-order valence-corrected chi connectivity index (χ4v) is 8.79. The van der Waals surface area contributed by atoms with Gasteiger partial charge in [-0.1, -0.05) is 66.7 Å². The van der Waals surface area contributed by atoms with Gasteiger partial charge in [0.1, 0.15) is 24.4 Å². The molecule has 42 heavy (non-hydrogen) atoms. The summed E-state index contributed by atoms with van der Waals surface area (Å²) in [7, 11) is 0. The Hall–Kier alpha value is -3.42.